The minimum Gasteiger partial charge on any atom is -0.499 e. The number of aromatic hydroxyl groups is 1. The summed E-state index contributed by atoms with van der Waals surface area (Å²) in [6.45, 7) is 6.34. The summed E-state index contributed by atoms with van der Waals surface area (Å²) in [5.41, 5.74) is -0.970. The molecule has 0 aliphatic rings. The average molecular weight is 419 g/mol. The summed E-state index contributed by atoms with van der Waals surface area (Å²) in [5, 5.41) is 30.7. The molecule has 30 heavy (non-hydrogen) atoms. The molecule has 10 nitrogen and oxygen atoms in total. The summed E-state index contributed by atoms with van der Waals surface area (Å²) in [6, 6.07) is 3.86. The Morgan fingerprint density at radius 3 is 2.47 bits per heavy atom. The number of carbonyl (C=O) groups excluding carboxylic acids is 2. The Morgan fingerprint density at radius 2 is 1.93 bits per heavy atom. The van der Waals surface area contributed by atoms with Crippen LogP contribution in [-0.2, 0) is 9.53 Å². The van der Waals surface area contributed by atoms with Crippen molar-refractivity contribution in [2.24, 2.45) is 0 Å². The van der Waals surface area contributed by atoms with Crippen molar-refractivity contribution in [3.63, 3.8) is 0 Å². The zero-order chi connectivity index (χ0) is 22.7. The number of nitro groups is 1. The number of carbonyl (C=O) groups is 2. The molecule has 0 spiro atoms. The third kappa shape index (κ3) is 6.77. The fraction of sp³-hybridized carbons (Fsp3) is 0.450. The summed E-state index contributed by atoms with van der Waals surface area (Å²) < 4.78 is 9.77. The van der Waals surface area contributed by atoms with Crippen LogP contribution in [-0.4, -0.2) is 46.7 Å². The Morgan fingerprint density at radius 1 is 1.27 bits per heavy atom. The van der Waals surface area contributed by atoms with Gasteiger partial charge in [0.15, 0.2) is 5.75 Å². The number of rotatable bonds is 10. The first kappa shape index (κ1) is 24.4. The van der Waals surface area contributed by atoms with Crippen molar-refractivity contribution in [3.05, 3.63) is 33.4 Å². The van der Waals surface area contributed by atoms with E-state index in [1.165, 1.54) is 4.90 Å². The molecule has 0 saturated carbocycles. The van der Waals surface area contributed by atoms with E-state index >= 15 is 0 Å². The van der Waals surface area contributed by atoms with E-state index in [4.69, 9.17) is 9.47 Å². The van der Waals surface area contributed by atoms with E-state index in [1.807, 2.05) is 6.92 Å². The molecule has 1 rings (SSSR count). The highest BCUT2D eigenvalue weighted by molar-refractivity contribution is 6.01. The van der Waals surface area contributed by atoms with Crippen LogP contribution in [0.4, 0.5) is 10.5 Å². The van der Waals surface area contributed by atoms with Crippen molar-refractivity contribution >= 4 is 23.8 Å². The van der Waals surface area contributed by atoms with Gasteiger partial charge in [0.1, 0.15) is 11.6 Å². The maximum absolute atomic E-state index is 12.4. The van der Waals surface area contributed by atoms with Gasteiger partial charge in [-0.25, -0.2) is 4.79 Å². The van der Waals surface area contributed by atoms with Crippen LogP contribution in [0.3, 0.4) is 0 Å². The van der Waals surface area contributed by atoms with E-state index in [0.717, 1.165) is 31.1 Å². The molecule has 1 amide bonds. The van der Waals surface area contributed by atoms with Crippen LogP contribution < -0.4 is 4.74 Å². The topological polar surface area (TPSA) is 143 Å². The van der Waals surface area contributed by atoms with Gasteiger partial charge in [-0.2, -0.15) is 5.26 Å². The summed E-state index contributed by atoms with van der Waals surface area (Å²) in [5.74, 6) is -1.92. The molecule has 0 saturated heterocycles. The highest BCUT2D eigenvalue weighted by Gasteiger charge is 2.23. The molecule has 0 aromatic heterocycles. The number of hydrogen-bond acceptors (Lipinski definition) is 8. The smallest absolute Gasteiger partial charge is 0.499 e. The lowest BCUT2D eigenvalue weighted by molar-refractivity contribution is -0.385. The number of amides is 1. The number of nitro benzene ring substituents is 1. The molecule has 0 aliphatic carbocycles. The van der Waals surface area contributed by atoms with Crippen molar-refractivity contribution < 1.29 is 29.1 Å². The number of hydrogen-bond donors (Lipinski definition) is 1. The molecule has 10 heteroatoms. The highest BCUT2D eigenvalue weighted by Crippen LogP contribution is 2.38. The lowest BCUT2D eigenvalue weighted by Gasteiger charge is -2.17. The van der Waals surface area contributed by atoms with Gasteiger partial charge < -0.3 is 19.5 Å². The van der Waals surface area contributed by atoms with Gasteiger partial charge in [0, 0.05) is 19.2 Å². The van der Waals surface area contributed by atoms with Gasteiger partial charge in [-0.3, -0.25) is 14.9 Å². The van der Waals surface area contributed by atoms with Crippen LogP contribution in [0.2, 0.25) is 0 Å². The first-order chi connectivity index (χ1) is 14.3. The van der Waals surface area contributed by atoms with Crippen LogP contribution in [0, 0.1) is 21.4 Å². The predicted octanol–water partition coefficient (Wildman–Crippen LogP) is 3.78. The second-order valence-electron chi connectivity index (χ2n) is 6.20. The Hall–Kier alpha value is -3.61. The van der Waals surface area contributed by atoms with Crippen molar-refractivity contribution in [2.45, 2.75) is 40.0 Å². The van der Waals surface area contributed by atoms with Crippen molar-refractivity contribution in [1.82, 2.24) is 4.90 Å². The van der Waals surface area contributed by atoms with Gasteiger partial charge >= 0.3 is 11.8 Å². The van der Waals surface area contributed by atoms with Gasteiger partial charge in [0.25, 0.3) is 5.91 Å². The summed E-state index contributed by atoms with van der Waals surface area (Å²) in [7, 11) is 0. The van der Waals surface area contributed by atoms with Crippen LogP contribution in [0.1, 0.15) is 45.6 Å². The first-order valence-electron chi connectivity index (χ1n) is 9.55. The molecular formula is C20H25N3O7. The third-order valence-electron chi connectivity index (χ3n) is 4.15. The number of nitriles is 1. The Bertz CT molecular complexity index is 855. The summed E-state index contributed by atoms with van der Waals surface area (Å²) in [4.78, 5) is 36.0. The Kier molecular flexibility index (Phi) is 9.82. The maximum atomic E-state index is 12.4. The Labute approximate surface area is 174 Å². The van der Waals surface area contributed by atoms with Crippen molar-refractivity contribution in [3.8, 4) is 17.6 Å². The lowest BCUT2D eigenvalue weighted by atomic mass is 10.1. The summed E-state index contributed by atoms with van der Waals surface area (Å²) >= 11 is 0. The first-order valence-corrected chi connectivity index (χ1v) is 9.55. The van der Waals surface area contributed by atoms with Gasteiger partial charge in [-0.15, -0.1) is 0 Å². The number of benzene rings is 1. The van der Waals surface area contributed by atoms with Gasteiger partial charge in [-0.05, 0) is 38.0 Å². The molecule has 0 aliphatic heterocycles. The van der Waals surface area contributed by atoms with E-state index in [1.54, 1.807) is 19.9 Å². The molecule has 1 aromatic rings. The van der Waals surface area contributed by atoms with Crippen LogP contribution in [0.25, 0.3) is 6.08 Å². The molecule has 0 bridgehead atoms. The van der Waals surface area contributed by atoms with E-state index in [2.05, 4.69) is 0 Å². The quantitative estimate of drug-likeness (QED) is 0.115. The van der Waals surface area contributed by atoms with E-state index in [-0.39, 0.29) is 17.7 Å². The maximum Gasteiger partial charge on any atom is 0.513 e. The zero-order valence-electron chi connectivity index (χ0n) is 17.2. The normalized spacial score (nSPS) is 10.8. The molecule has 0 atom stereocenters. The zero-order valence-corrected chi connectivity index (χ0v) is 17.2. The SMILES string of the molecule is CCCCCOC(=O)Oc1cc(/C=C(\C#N)C(=O)N(CC)CC)cc([N+](=O)[O-])c1O. The second kappa shape index (κ2) is 12.1. The van der Waals surface area contributed by atoms with Crippen LogP contribution in [0.5, 0.6) is 11.5 Å². The largest absolute Gasteiger partial charge is 0.513 e. The van der Waals surface area contributed by atoms with E-state index in [0.29, 0.717) is 19.5 Å². The van der Waals surface area contributed by atoms with Crippen molar-refractivity contribution in [2.75, 3.05) is 19.7 Å². The summed E-state index contributed by atoms with van der Waals surface area (Å²) in [6.07, 6.45) is 2.40. The molecule has 0 heterocycles. The minimum atomic E-state index is -1.13. The fourth-order valence-electron chi connectivity index (χ4n) is 2.53. The fourth-order valence-corrected chi connectivity index (χ4v) is 2.53. The number of phenols is 1. The molecular weight excluding hydrogens is 394 g/mol. The number of ether oxygens (including phenoxy) is 2. The number of nitrogens with zero attached hydrogens (tertiary/aromatic N) is 3. The molecule has 1 N–H and O–H groups in total. The molecule has 162 valence electrons. The average Bonchev–Trinajstić information content (AvgIpc) is 2.72. The van der Waals surface area contributed by atoms with Crippen molar-refractivity contribution in [1.29, 1.82) is 5.26 Å². The minimum absolute atomic E-state index is 0.0327. The van der Waals surface area contributed by atoms with E-state index in [9.17, 15) is 30.1 Å². The van der Waals surface area contributed by atoms with Gasteiger partial charge in [0.2, 0.25) is 5.75 Å². The standard InChI is InChI=1S/C20H25N3O7/c1-4-7-8-9-29-20(26)30-17-12-14(11-16(18(17)24)23(27)28)10-15(13-21)19(25)22(5-2)6-3/h10-12,24H,4-9H2,1-3H3/b15-10+. The highest BCUT2D eigenvalue weighted by atomic mass is 16.7. The Balaban J connectivity index is 3.24. The molecule has 0 fully saturated rings. The van der Waals surface area contributed by atoms with Crippen LogP contribution >= 0.6 is 0 Å². The van der Waals surface area contributed by atoms with E-state index < -0.39 is 34.2 Å². The lowest BCUT2D eigenvalue weighted by Crippen LogP contribution is -2.31. The number of likely N-dealkylation sites (N-methyl/N-ethyl adjacent to an activating group) is 1. The molecule has 0 unspecified atom stereocenters. The monoisotopic (exact) mass is 419 g/mol. The number of unbranched alkanes of at least 4 members (excludes halogenated alkanes) is 2. The molecule has 1 aromatic carbocycles. The van der Waals surface area contributed by atoms with Crippen LogP contribution in [0.15, 0.2) is 17.7 Å². The number of phenolic OH excluding ortho intramolecular Hbond substituents is 1. The predicted molar refractivity (Wildman–Crippen MR) is 108 cm³/mol. The second-order valence-corrected chi connectivity index (χ2v) is 6.20. The molecule has 0 radical (unpaired) electrons. The third-order valence-corrected chi connectivity index (χ3v) is 4.15. The van der Waals surface area contributed by atoms with Gasteiger partial charge in [0.05, 0.1) is 11.5 Å². The van der Waals surface area contributed by atoms with Gasteiger partial charge in [-0.1, -0.05) is 19.8 Å².